The first kappa shape index (κ1) is 22.7. The number of para-hydroxylation sites is 1. The van der Waals surface area contributed by atoms with Crippen LogP contribution in [0, 0.1) is 6.92 Å². The molecule has 1 aliphatic heterocycles. The number of fused-ring (bicyclic) bond motifs is 1. The Morgan fingerprint density at radius 3 is 2.49 bits per heavy atom. The molecular formula is C28H28N4O3. The summed E-state index contributed by atoms with van der Waals surface area (Å²) in [5, 5.41) is 1.06. The van der Waals surface area contributed by atoms with E-state index in [0.717, 1.165) is 27.6 Å². The second-order valence-electron chi connectivity index (χ2n) is 9.05. The number of aromatic amines is 1. The fourth-order valence-corrected chi connectivity index (χ4v) is 4.71. The number of nitrogens with one attached hydrogen (secondary N) is 1. The topological polar surface area (TPSA) is 78.4 Å². The average molecular weight is 469 g/mol. The van der Waals surface area contributed by atoms with Gasteiger partial charge in [0.05, 0.1) is 13.0 Å². The third-order valence-electron chi connectivity index (χ3n) is 6.62. The van der Waals surface area contributed by atoms with Crippen molar-refractivity contribution in [2.75, 3.05) is 26.2 Å². The number of piperazine rings is 1. The molecular weight excluding hydrogens is 440 g/mol. The summed E-state index contributed by atoms with van der Waals surface area (Å²) < 4.78 is 1.57. The molecule has 2 amide bonds. The highest BCUT2D eigenvalue weighted by atomic mass is 16.2. The Hall–Kier alpha value is -4.13. The van der Waals surface area contributed by atoms with E-state index < -0.39 is 0 Å². The number of aryl methyl sites for hydroxylation is 1. The van der Waals surface area contributed by atoms with Crippen molar-refractivity contribution in [3.05, 3.63) is 106 Å². The summed E-state index contributed by atoms with van der Waals surface area (Å²) in [5.41, 5.74) is 4.00. The molecule has 1 aliphatic rings. The minimum atomic E-state index is -0.295. The Kier molecular flexibility index (Phi) is 6.23. The zero-order valence-electron chi connectivity index (χ0n) is 19.7. The van der Waals surface area contributed by atoms with Crippen molar-refractivity contribution in [2.24, 2.45) is 0 Å². The molecule has 1 saturated heterocycles. The maximum atomic E-state index is 13.2. The van der Waals surface area contributed by atoms with E-state index in [1.165, 1.54) is 0 Å². The van der Waals surface area contributed by atoms with Gasteiger partial charge in [-0.05, 0) is 36.2 Å². The number of carbonyl (C=O) groups excluding carboxylic acids is 2. The molecule has 0 atom stereocenters. The number of pyridine rings is 1. The van der Waals surface area contributed by atoms with Crippen LogP contribution in [0.5, 0.6) is 0 Å². The summed E-state index contributed by atoms with van der Waals surface area (Å²) in [6, 6.07) is 19.2. The number of carbonyl (C=O) groups is 2. The zero-order valence-corrected chi connectivity index (χ0v) is 19.7. The first-order valence-electron chi connectivity index (χ1n) is 11.9. The summed E-state index contributed by atoms with van der Waals surface area (Å²) in [7, 11) is 0. The van der Waals surface area contributed by atoms with E-state index in [4.69, 9.17) is 0 Å². The lowest BCUT2D eigenvalue weighted by atomic mass is 10.1. The van der Waals surface area contributed by atoms with Gasteiger partial charge in [-0.3, -0.25) is 14.4 Å². The monoisotopic (exact) mass is 468 g/mol. The number of amides is 2. The number of hydrogen-bond acceptors (Lipinski definition) is 3. The summed E-state index contributed by atoms with van der Waals surface area (Å²) in [5.74, 6) is -0.237. The second-order valence-corrected chi connectivity index (χ2v) is 9.05. The highest BCUT2D eigenvalue weighted by Crippen LogP contribution is 2.19. The highest BCUT2D eigenvalue weighted by molar-refractivity contribution is 5.94. The molecule has 178 valence electrons. The Bertz CT molecular complexity index is 1440. The first-order chi connectivity index (χ1) is 17.0. The largest absolute Gasteiger partial charge is 0.361 e. The lowest BCUT2D eigenvalue weighted by Gasteiger charge is -2.34. The molecule has 0 spiro atoms. The maximum Gasteiger partial charge on any atom is 0.263 e. The molecule has 4 aromatic rings. The molecule has 0 bridgehead atoms. The van der Waals surface area contributed by atoms with Crippen LogP contribution in [-0.2, 0) is 17.8 Å². The lowest BCUT2D eigenvalue weighted by molar-refractivity contribution is -0.131. The molecule has 1 N–H and O–H groups in total. The summed E-state index contributed by atoms with van der Waals surface area (Å²) >= 11 is 0. The van der Waals surface area contributed by atoms with Gasteiger partial charge >= 0.3 is 0 Å². The van der Waals surface area contributed by atoms with Gasteiger partial charge in [-0.1, -0.05) is 48.0 Å². The minimum Gasteiger partial charge on any atom is -0.361 e. The van der Waals surface area contributed by atoms with Crippen LogP contribution in [0.1, 0.15) is 27.0 Å². The van der Waals surface area contributed by atoms with E-state index in [-0.39, 0.29) is 22.9 Å². The molecule has 1 fully saturated rings. The quantitative estimate of drug-likeness (QED) is 0.489. The van der Waals surface area contributed by atoms with Crippen LogP contribution >= 0.6 is 0 Å². The fourth-order valence-electron chi connectivity index (χ4n) is 4.71. The molecule has 0 saturated carbocycles. The van der Waals surface area contributed by atoms with Crippen molar-refractivity contribution in [1.82, 2.24) is 19.4 Å². The predicted molar refractivity (Wildman–Crippen MR) is 135 cm³/mol. The minimum absolute atomic E-state index is 0.0436. The van der Waals surface area contributed by atoms with Gasteiger partial charge in [-0.15, -0.1) is 0 Å². The van der Waals surface area contributed by atoms with Gasteiger partial charge in [0.2, 0.25) is 5.91 Å². The van der Waals surface area contributed by atoms with Gasteiger partial charge < -0.3 is 19.4 Å². The standard InChI is InChI=1S/C28H28N4O3/c1-20-6-4-7-21(16-20)19-32-11-5-9-24(28(32)35)27(34)31-14-12-30(13-15-31)26(33)17-22-18-29-25-10-3-2-8-23(22)25/h2-11,16,18,29H,12-15,17,19H2,1H3. The van der Waals surface area contributed by atoms with Gasteiger partial charge in [-0.25, -0.2) is 0 Å². The molecule has 7 heteroatoms. The van der Waals surface area contributed by atoms with Crippen LogP contribution in [-0.4, -0.2) is 57.3 Å². The van der Waals surface area contributed by atoms with Crippen LogP contribution in [0.3, 0.4) is 0 Å². The van der Waals surface area contributed by atoms with E-state index in [1.54, 1.807) is 32.7 Å². The SMILES string of the molecule is Cc1cccc(Cn2cccc(C(=O)N3CCN(C(=O)Cc4c[nH]c5ccccc45)CC3)c2=O)c1. The number of hydrogen-bond donors (Lipinski definition) is 1. The molecule has 3 heterocycles. The highest BCUT2D eigenvalue weighted by Gasteiger charge is 2.26. The van der Waals surface area contributed by atoms with E-state index in [2.05, 4.69) is 4.98 Å². The Labute approximate surface area is 203 Å². The van der Waals surface area contributed by atoms with Crippen LogP contribution in [0.4, 0.5) is 0 Å². The average Bonchev–Trinajstić information content (AvgIpc) is 3.28. The lowest BCUT2D eigenvalue weighted by Crippen LogP contribution is -2.51. The Morgan fingerprint density at radius 1 is 0.914 bits per heavy atom. The summed E-state index contributed by atoms with van der Waals surface area (Å²) in [4.78, 5) is 45.8. The zero-order chi connectivity index (χ0) is 24.4. The maximum absolute atomic E-state index is 13.2. The fraction of sp³-hybridized carbons (Fsp3) is 0.250. The van der Waals surface area contributed by atoms with E-state index in [9.17, 15) is 14.4 Å². The van der Waals surface area contributed by atoms with Gasteiger partial charge in [-0.2, -0.15) is 0 Å². The van der Waals surface area contributed by atoms with Crippen molar-refractivity contribution in [3.8, 4) is 0 Å². The van der Waals surface area contributed by atoms with Gasteiger partial charge in [0.1, 0.15) is 5.56 Å². The second kappa shape index (κ2) is 9.62. The normalized spacial score (nSPS) is 13.9. The number of H-pyrrole nitrogens is 1. The van der Waals surface area contributed by atoms with Crippen LogP contribution < -0.4 is 5.56 Å². The number of rotatable bonds is 5. The van der Waals surface area contributed by atoms with Crippen molar-refractivity contribution >= 4 is 22.7 Å². The smallest absolute Gasteiger partial charge is 0.263 e. The third kappa shape index (κ3) is 4.75. The Balaban J connectivity index is 1.23. The van der Waals surface area contributed by atoms with Crippen LogP contribution in [0.25, 0.3) is 10.9 Å². The molecule has 2 aromatic carbocycles. The Morgan fingerprint density at radius 2 is 1.69 bits per heavy atom. The summed E-state index contributed by atoms with van der Waals surface area (Å²) in [6.45, 7) is 4.15. The van der Waals surface area contributed by atoms with E-state index in [0.29, 0.717) is 39.1 Å². The molecule has 0 unspecified atom stereocenters. The third-order valence-corrected chi connectivity index (χ3v) is 6.62. The number of aromatic nitrogens is 2. The van der Waals surface area contributed by atoms with Crippen LogP contribution in [0.15, 0.2) is 77.9 Å². The van der Waals surface area contributed by atoms with Gasteiger partial charge in [0, 0.05) is 49.5 Å². The van der Waals surface area contributed by atoms with Gasteiger partial charge in [0.15, 0.2) is 0 Å². The number of benzene rings is 2. The molecule has 0 radical (unpaired) electrons. The van der Waals surface area contributed by atoms with Crippen molar-refractivity contribution in [1.29, 1.82) is 0 Å². The van der Waals surface area contributed by atoms with E-state index >= 15 is 0 Å². The van der Waals surface area contributed by atoms with Crippen molar-refractivity contribution in [3.63, 3.8) is 0 Å². The van der Waals surface area contributed by atoms with Crippen molar-refractivity contribution in [2.45, 2.75) is 19.9 Å². The molecule has 35 heavy (non-hydrogen) atoms. The van der Waals surface area contributed by atoms with E-state index in [1.807, 2.05) is 61.7 Å². The molecule has 7 nitrogen and oxygen atoms in total. The first-order valence-corrected chi connectivity index (χ1v) is 11.9. The molecule has 2 aromatic heterocycles. The predicted octanol–water partition coefficient (Wildman–Crippen LogP) is 3.21. The number of nitrogens with zero attached hydrogens (tertiary/aromatic N) is 3. The van der Waals surface area contributed by atoms with Crippen molar-refractivity contribution < 1.29 is 9.59 Å². The molecule has 0 aliphatic carbocycles. The van der Waals surface area contributed by atoms with Crippen LogP contribution in [0.2, 0.25) is 0 Å². The molecule has 5 rings (SSSR count). The summed E-state index contributed by atoms with van der Waals surface area (Å²) in [6.07, 6.45) is 3.92. The van der Waals surface area contributed by atoms with Gasteiger partial charge in [0.25, 0.3) is 11.5 Å².